The lowest BCUT2D eigenvalue weighted by atomic mass is 9.76. The lowest BCUT2D eigenvalue weighted by molar-refractivity contribution is -0.273. The van der Waals surface area contributed by atoms with Gasteiger partial charge in [-0.05, 0) is 31.1 Å². The molecule has 1 aliphatic rings. The Bertz CT molecular complexity index is 865. The Labute approximate surface area is 187 Å². The van der Waals surface area contributed by atoms with Crippen molar-refractivity contribution in [1.82, 2.24) is 0 Å². The number of methoxy groups -OCH3 is 1. The first-order chi connectivity index (χ1) is 14.4. The molecular formula is C22H32F4O5Si. The highest BCUT2D eigenvalue weighted by Gasteiger charge is 2.66. The summed E-state index contributed by atoms with van der Waals surface area (Å²) in [4.78, 5) is 11.8. The second kappa shape index (κ2) is 8.61. The molecule has 0 amide bonds. The molecule has 0 aromatic heterocycles. The highest BCUT2D eigenvalue weighted by molar-refractivity contribution is 6.74. The molecule has 32 heavy (non-hydrogen) atoms. The molecule has 1 fully saturated rings. The van der Waals surface area contributed by atoms with Gasteiger partial charge in [-0.15, -0.1) is 0 Å². The fourth-order valence-corrected chi connectivity index (χ4v) is 4.68. The Balaban J connectivity index is 2.58. The van der Waals surface area contributed by atoms with Gasteiger partial charge in [-0.2, -0.15) is 13.2 Å². The molecule has 0 aliphatic carbocycles. The third-order valence-corrected chi connectivity index (χ3v) is 11.6. The zero-order valence-corrected chi connectivity index (χ0v) is 20.7. The van der Waals surface area contributed by atoms with E-state index in [4.69, 9.17) is 13.9 Å². The van der Waals surface area contributed by atoms with Gasteiger partial charge < -0.3 is 19.0 Å². The summed E-state index contributed by atoms with van der Waals surface area (Å²) in [6.45, 7) is 12.0. The quantitative estimate of drug-likeness (QED) is 0.407. The number of alkyl halides is 3. The average molecular weight is 481 g/mol. The van der Waals surface area contributed by atoms with Gasteiger partial charge in [0.2, 0.25) is 0 Å². The van der Waals surface area contributed by atoms with Crippen LogP contribution in [0.15, 0.2) is 12.1 Å². The molecule has 1 saturated heterocycles. The van der Waals surface area contributed by atoms with E-state index >= 15 is 0 Å². The number of carbonyl (C=O) groups is 1. The van der Waals surface area contributed by atoms with Crippen LogP contribution in [0, 0.1) is 11.7 Å². The molecule has 1 N–H and O–H groups in total. The van der Waals surface area contributed by atoms with Gasteiger partial charge >= 0.3 is 12.1 Å². The molecule has 4 atom stereocenters. The van der Waals surface area contributed by atoms with Crippen molar-refractivity contribution in [1.29, 1.82) is 0 Å². The predicted molar refractivity (Wildman–Crippen MR) is 114 cm³/mol. The van der Waals surface area contributed by atoms with Gasteiger partial charge in [0, 0.05) is 17.4 Å². The van der Waals surface area contributed by atoms with Crippen molar-refractivity contribution in [2.24, 2.45) is 5.92 Å². The Kier molecular flexibility index (Phi) is 7.15. The van der Waals surface area contributed by atoms with E-state index in [0.29, 0.717) is 0 Å². The molecule has 0 unspecified atom stereocenters. The van der Waals surface area contributed by atoms with Crippen LogP contribution in [0.25, 0.3) is 0 Å². The van der Waals surface area contributed by atoms with Gasteiger partial charge in [-0.25, -0.2) is 9.18 Å². The van der Waals surface area contributed by atoms with Crippen molar-refractivity contribution in [2.45, 2.75) is 83.2 Å². The molecule has 0 bridgehead atoms. The molecule has 0 spiro atoms. The SMILES string of the molecule is COc1c([C@H]2[C@H](C(=O)O)O[C@@](C)(C(F)(F)F)[C@H]2C)ccc(F)c1CO[Si](C)(C)C(C)(C)C. The van der Waals surface area contributed by atoms with E-state index in [9.17, 15) is 27.5 Å². The van der Waals surface area contributed by atoms with Crippen LogP contribution < -0.4 is 4.74 Å². The zero-order chi connectivity index (χ0) is 24.9. The van der Waals surface area contributed by atoms with Crippen LogP contribution in [0.2, 0.25) is 18.1 Å². The van der Waals surface area contributed by atoms with E-state index in [1.165, 1.54) is 20.1 Å². The minimum atomic E-state index is -4.80. The Morgan fingerprint density at radius 3 is 2.25 bits per heavy atom. The molecule has 5 nitrogen and oxygen atoms in total. The van der Waals surface area contributed by atoms with Crippen molar-refractivity contribution in [2.75, 3.05) is 7.11 Å². The molecule has 1 aromatic rings. The lowest BCUT2D eigenvalue weighted by Gasteiger charge is -2.36. The van der Waals surface area contributed by atoms with Crippen molar-refractivity contribution in [3.05, 3.63) is 29.1 Å². The van der Waals surface area contributed by atoms with E-state index in [2.05, 4.69) is 0 Å². The maximum atomic E-state index is 14.8. The smallest absolute Gasteiger partial charge is 0.417 e. The van der Waals surface area contributed by atoms with Gasteiger partial charge in [0.25, 0.3) is 0 Å². The number of carboxylic acids is 1. The number of hydrogen-bond acceptors (Lipinski definition) is 4. The van der Waals surface area contributed by atoms with Crippen LogP contribution in [0.3, 0.4) is 0 Å². The summed E-state index contributed by atoms with van der Waals surface area (Å²) in [5, 5.41) is 9.47. The summed E-state index contributed by atoms with van der Waals surface area (Å²) >= 11 is 0. The predicted octanol–water partition coefficient (Wildman–Crippen LogP) is 5.88. The first kappa shape index (κ1) is 26.6. The minimum Gasteiger partial charge on any atom is -0.496 e. The number of benzene rings is 1. The molecule has 2 rings (SSSR count). The number of ether oxygens (including phenoxy) is 2. The number of hydrogen-bond donors (Lipinski definition) is 1. The Hall–Kier alpha value is -1.65. The molecule has 0 radical (unpaired) electrons. The third kappa shape index (κ3) is 4.54. The van der Waals surface area contributed by atoms with Crippen LogP contribution in [-0.2, 0) is 20.6 Å². The first-order valence-corrected chi connectivity index (χ1v) is 13.3. The fraction of sp³-hybridized carbons (Fsp3) is 0.682. The Morgan fingerprint density at radius 1 is 1.25 bits per heavy atom. The van der Waals surface area contributed by atoms with Crippen molar-refractivity contribution < 1.29 is 41.4 Å². The molecule has 1 aliphatic heterocycles. The van der Waals surface area contributed by atoms with E-state index in [-0.39, 0.29) is 28.5 Å². The first-order valence-electron chi connectivity index (χ1n) is 10.4. The third-order valence-electron chi connectivity index (χ3n) is 7.09. The standard InChI is InChI=1S/C22H32F4O5Si/c1-12-16(18(19(27)28)31-21(12,5)22(24,25)26)13-9-10-15(23)14(17(13)29-6)11-30-32(7,8)20(2,3)4/h9-10,12,16,18H,11H2,1-8H3,(H,27,28)/t12-,16-,18+,21+/m0/s1. The normalized spacial score (nSPS) is 26.9. The van der Waals surface area contributed by atoms with Crippen LogP contribution in [0.5, 0.6) is 5.75 Å². The fourth-order valence-electron chi connectivity index (χ4n) is 3.74. The number of rotatable bonds is 6. The van der Waals surface area contributed by atoms with Crippen LogP contribution in [0.1, 0.15) is 51.7 Å². The summed E-state index contributed by atoms with van der Waals surface area (Å²) in [6, 6.07) is 2.38. The topological polar surface area (TPSA) is 65.0 Å². The van der Waals surface area contributed by atoms with Gasteiger partial charge in [-0.1, -0.05) is 33.8 Å². The van der Waals surface area contributed by atoms with E-state index in [1.807, 2.05) is 33.9 Å². The van der Waals surface area contributed by atoms with Gasteiger partial charge in [-0.3, -0.25) is 0 Å². The highest BCUT2D eigenvalue weighted by Crippen LogP contribution is 2.55. The second-order valence-electron chi connectivity index (χ2n) is 9.99. The minimum absolute atomic E-state index is 0.0122. The van der Waals surface area contributed by atoms with E-state index < -0.39 is 49.8 Å². The van der Waals surface area contributed by atoms with Crippen molar-refractivity contribution >= 4 is 14.3 Å². The van der Waals surface area contributed by atoms with Crippen LogP contribution in [0.4, 0.5) is 17.6 Å². The molecule has 0 saturated carbocycles. The molecule has 10 heteroatoms. The second-order valence-corrected chi connectivity index (χ2v) is 14.8. The van der Waals surface area contributed by atoms with Gasteiger partial charge in [0.15, 0.2) is 20.0 Å². The summed E-state index contributed by atoms with van der Waals surface area (Å²) in [7, 11) is -1.01. The number of aliphatic carboxylic acids is 1. The summed E-state index contributed by atoms with van der Waals surface area (Å²) in [6.07, 6.45) is -6.57. The van der Waals surface area contributed by atoms with Gasteiger partial charge in [0.1, 0.15) is 11.6 Å². The monoisotopic (exact) mass is 480 g/mol. The Morgan fingerprint density at radius 2 is 1.81 bits per heavy atom. The maximum Gasteiger partial charge on any atom is 0.417 e. The van der Waals surface area contributed by atoms with E-state index in [1.54, 1.807) is 0 Å². The van der Waals surface area contributed by atoms with Crippen LogP contribution >= 0.6 is 0 Å². The molecule has 182 valence electrons. The largest absolute Gasteiger partial charge is 0.496 e. The average Bonchev–Trinajstić information content (AvgIpc) is 2.92. The van der Waals surface area contributed by atoms with Gasteiger partial charge in [0.05, 0.1) is 19.3 Å². The summed E-state index contributed by atoms with van der Waals surface area (Å²) < 4.78 is 72.8. The molecular weight excluding hydrogens is 448 g/mol. The molecule has 1 heterocycles. The zero-order valence-electron chi connectivity index (χ0n) is 19.7. The lowest BCUT2D eigenvalue weighted by Crippen LogP contribution is -2.47. The highest BCUT2D eigenvalue weighted by atomic mass is 28.4. The molecule has 1 aromatic carbocycles. The van der Waals surface area contributed by atoms with Crippen molar-refractivity contribution in [3.8, 4) is 5.75 Å². The van der Waals surface area contributed by atoms with Crippen molar-refractivity contribution in [3.63, 3.8) is 0 Å². The number of carboxylic acid groups (broad SMARTS) is 1. The van der Waals surface area contributed by atoms with E-state index in [0.717, 1.165) is 13.0 Å². The summed E-state index contributed by atoms with van der Waals surface area (Å²) in [5.74, 6) is -4.65. The number of halogens is 4. The summed E-state index contributed by atoms with van der Waals surface area (Å²) in [5.41, 5.74) is -2.49. The van der Waals surface area contributed by atoms with Crippen LogP contribution in [-0.4, -0.2) is 44.4 Å². The maximum absolute atomic E-state index is 14.8.